The summed E-state index contributed by atoms with van der Waals surface area (Å²) in [6.45, 7) is 2.78. The third-order valence-corrected chi connectivity index (χ3v) is 5.10. The van der Waals surface area contributed by atoms with Crippen LogP contribution >= 0.6 is 0 Å². The van der Waals surface area contributed by atoms with E-state index in [-0.39, 0.29) is 10.6 Å². The first kappa shape index (κ1) is 17.6. The van der Waals surface area contributed by atoms with Gasteiger partial charge in [0, 0.05) is 41.3 Å². The van der Waals surface area contributed by atoms with E-state index in [1.165, 1.54) is 24.4 Å². The molecule has 26 heavy (non-hydrogen) atoms. The first-order chi connectivity index (χ1) is 12.4. The van der Waals surface area contributed by atoms with Crippen LogP contribution in [0.2, 0.25) is 0 Å². The molecule has 134 valence electrons. The summed E-state index contributed by atoms with van der Waals surface area (Å²) in [5, 5.41) is 15.6. The lowest BCUT2D eigenvalue weighted by Crippen LogP contribution is -2.18. The number of hydrazone groups is 1. The number of nitro benzene ring substituents is 1. The van der Waals surface area contributed by atoms with Crippen LogP contribution in [0.5, 0.6) is 0 Å². The first-order valence-electron chi connectivity index (χ1n) is 7.79. The van der Waals surface area contributed by atoms with Gasteiger partial charge in [0.2, 0.25) is 0 Å². The van der Waals surface area contributed by atoms with Crippen LogP contribution in [-0.4, -0.2) is 24.1 Å². The second-order valence-corrected chi connectivity index (χ2v) is 7.16. The highest BCUT2D eigenvalue weighted by atomic mass is 32.2. The Labute approximate surface area is 150 Å². The molecular weight excluding hydrogens is 356 g/mol. The normalized spacial score (nSPS) is 11.9. The molecule has 0 bridgehead atoms. The molecule has 0 saturated heterocycles. The minimum Gasteiger partial charge on any atom is -0.347 e. The smallest absolute Gasteiger partial charge is 0.276 e. The highest BCUT2D eigenvalue weighted by Gasteiger charge is 2.16. The van der Waals surface area contributed by atoms with Crippen molar-refractivity contribution in [1.29, 1.82) is 0 Å². The van der Waals surface area contributed by atoms with Crippen molar-refractivity contribution in [1.82, 2.24) is 9.40 Å². The van der Waals surface area contributed by atoms with Gasteiger partial charge >= 0.3 is 0 Å². The molecule has 0 aliphatic heterocycles. The monoisotopic (exact) mass is 372 g/mol. The molecule has 0 radical (unpaired) electrons. The summed E-state index contributed by atoms with van der Waals surface area (Å²) in [7, 11) is -4.00. The van der Waals surface area contributed by atoms with E-state index in [1.807, 2.05) is 42.0 Å². The van der Waals surface area contributed by atoms with Gasteiger partial charge in [0.15, 0.2) is 0 Å². The topological polar surface area (TPSA) is 107 Å². The maximum atomic E-state index is 12.3. The number of hydrogen-bond donors (Lipinski definition) is 1. The number of para-hydroxylation sites is 1. The predicted molar refractivity (Wildman–Crippen MR) is 98.6 cm³/mol. The van der Waals surface area contributed by atoms with E-state index in [4.69, 9.17) is 0 Å². The number of nitrogens with one attached hydrogen (secondary N) is 1. The molecule has 0 saturated carbocycles. The Balaban J connectivity index is 1.86. The average molecular weight is 372 g/mol. The lowest BCUT2D eigenvalue weighted by atomic mass is 10.2. The van der Waals surface area contributed by atoms with Crippen molar-refractivity contribution >= 4 is 32.8 Å². The largest absolute Gasteiger partial charge is 0.347 e. The van der Waals surface area contributed by atoms with Crippen LogP contribution in [0.3, 0.4) is 0 Å². The highest BCUT2D eigenvalue weighted by molar-refractivity contribution is 7.89. The number of fused-ring (bicyclic) bond motifs is 1. The zero-order valence-corrected chi connectivity index (χ0v) is 14.7. The summed E-state index contributed by atoms with van der Waals surface area (Å²) in [5.41, 5.74) is 1.49. The van der Waals surface area contributed by atoms with Gasteiger partial charge in [0.1, 0.15) is 0 Å². The van der Waals surface area contributed by atoms with E-state index in [1.54, 1.807) is 0 Å². The summed E-state index contributed by atoms with van der Waals surface area (Å²) in [6, 6.07) is 12.5. The standard InChI is InChI=1S/C17H16N4O4S/c1-2-20-12-13(16-8-3-4-9-17(16)20)11-18-19-26(24,25)15-7-5-6-14(10-15)21(22)23/h3-12,19H,2H2,1H3/b18-11+. The number of non-ortho nitro benzene ring substituents is 1. The summed E-state index contributed by atoms with van der Waals surface area (Å²) in [6.07, 6.45) is 3.30. The van der Waals surface area contributed by atoms with Gasteiger partial charge in [0.25, 0.3) is 15.7 Å². The Kier molecular flexibility index (Phi) is 4.72. The summed E-state index contributed by atoms with van der Waals surface area (Å²) < 4.78 is 26.6. The van der Waals surface area contributed by atoms with Crippen molar-refractivity contribution < 1.29 is 13.3 Å². The molecule has 2 aromatic carbocycles. The number of rotatable bonds is 6. The van der Waals surface area contributed by atoms with Crippen LogP contribution in [0.1, 0.15) is 12.5 Å². The zero-order valence-electron chi connectivity index (χ0n) is 13.9. The summed E-state index contributed by atoms with van der Waals surface area (Å²) in [5.74, 6) is 0. The maximum absolute atomic E-state index is 12.3. The first-order valence-corrected chi connectivity index (χ1v) is 9.28. The van der Waals surface area contributed by atoms with Crippen molar-refractivity contribution in [2.75, 3.05) is 0 Å². The number of hydrogen-bond acceptors (Lipinski definition) is 5. The van der Waals surface area contributed by atoms with Crippen LogP contribution in [0.15, 0.2) is 64.7 Å². The molecule has 0 atom stereocenters. The summed E-state index contributed by atoms with van der Waals surface area (Å²) >= 11 is 0. The van der Waals surface area contributed by atoms with Crippen molar-refractivity contribution in [3.63, 3.8) is 0 Å². The van der Waals surface area contributed by atoms with Crippen LogP contribution in [0, 0.1) is 10.1 Å². The van der Waals surface area contributed by atoms with Crippen LogP contribution in [0.25, 0.3) is 10.9 Å². The Morgan fingerprint density at radius 1 is 1.23 bits per heavy atom. The van der Waals surface area contributed by atoms with Gasteiger partial charge in [-0.3, -0.25) is 10.1 Å². The third kappa shape index (κ3) is 3.42. The Morgan fingerprint density at radius 3 is 2.73 bits per heavy atom. The molecule has 1 heterocycles. The number of aryl methyl sites for hydroxylation is 1. The predicted octanol–water partition coefficient (Wildman–Crippen LogP) is 2.88. The lowest BCUT2D eigenvalue weighted by Gasteiger charge is -2.02. The van der Waals surface area contributed by atoms with Gasteiger partial charge in [-0.2, -0.15) is 13.5 Å². The molecule has 1 aromatic heterocycles. The third-order valence-electron chi connectivity index (χ3n) is 3.88. The molecule has 0 aliphatic carbocycles. The van der Waals surface area contributed by atoms with Gasteiger partial charge in [-0.05, 0) is 19.1 Å². The van der Waals surface area contributed by atoms with E-state index in [0.717, 1.165) is 29.1 Å². The van der Waals surface area contributed by atoms with Gasteiger partial charge in [0.05, 0.1) is 16.0 Å². The quantitative estimate of drug-likeness (QED) is 0.408. The molecule has 0 aliphatic rings. The van der Waals surface area contributed by atoms with Crippen molar-refractivity contribution in [3.8, 4) is 0 Å². The van der Waals surface area contributed by atoms with E-state index < -0.39 is 14.9 Å². The van der Waals surface area contributed by atoms with E-state index in [0.29, 0.717) is 0 Å². The maximum Gasteiger partial charge on any atom is 0.276 e. The zero-order chi connectivity index (χ0) is 18.7. The summed E-state index contributed by atoms with van der Waals surface area (Å²) in [4.78, 5) is 12.0. The second-order valence-electron chi connectivity index (χ2n) is 5.49. The Bertz CT molecular complexity index is 1100. The number of aromatic nitrogens is 1. The fourth-order valence-electron chi connectivity index (χ4n) is 2.62. The van der Waals surface area contributed by atoms with Crippen molar-refractivity contribution in [2.24, 2.45) is 5.10 Å². The van der Waals surface area contributed by atoms with Gasteiger partial charge < -0.3 is 4.57 Å². The molecule has 3 aromatic rings. The van der Waals surface area contributed by atoms with Gasteiger partial charge in [-0.1, -0.05) is 24.3 Å². The molecular formula is C17H16N4O4S. The molecule has 0 spiro atoms. The highest BCUT2D eigenvalue weighted by Crippen LogP contribution is 2.20. The van der Waals surface area contributed by atoms with E-state index in [9.17, 15) is 18.5 Å². The SMILES string of the molecule is CCn1cc(/C=N/NS(=O)(=O)c2cccc([N+](=O)[O-])c2)c2ccccc21. The van der Waals surface area contributed by atoms with Crippen LogP contribution < -0.4 is 4.83 Å². The van der Waals surface area contributed by atoms with E-state index >= 15 is 0 Å². The minimum atomic E-state index is -4.00. The molecule has 0 fully saturated rings. The van der Waals surface area contributed by atoms with Gasteiger partial charge in [-0.15, -0.1) is 0 Å². The molecule has 0 unspecified atom stereocenters. The Hall–Kier alpha value is -3.20. The molecule has 8 nitrogen and oxygen atoms in total. The van der Waals surface area contributed by atoms with Crippen molar-refractivity contribution in [3.05, 3.63) is 70.4 Å². The fourth-order valence-corrected chi connectivity index (χ4v) is 3.45. The number of benzene rings is 2. The molecule has 3 rings (SSSR count). The average Bonchev–Trinajstić information content (AvgIpc) is 3.00. The number of nitrogens with zero attached hydrogens (tertiary/aromatic N) is 3. The van der Waals surface area contributed by atoms with E-state index in [2.05, 4.69) is 9.93 Å². The molecule has 1 N–H and O–H groups in total. The second kappa shape index (κ2) is 6.96. The van der Waals surface area contributed by atoms with Crippen LogP contribution in [0.4, 0.5) is 5.69 Å². The lowest BCUT2D eigenvalue weighted by molar-refractivity contribution is -0.385. The molecule has 0 amide bonds. The fraction of sp³-hybridized carbons (Fsp3) is 0.118. The number of sulfonamides is 1. The minimum absolute atomic E-state index is 0.222. The Morgan fingerprint density at radius 2 is 2.00 bits per heavy atom. The number of nitro groups is 1. The van der Waals surface area contributed by atoms with Gasteiger partial charge in [-0.25, -0.2) is 4.83 Å². The van der Waals surface area contributed by atoms with Crippen molar-refractivity contribution in [2.45, 2.75) is 18.4 Å². The van der Waals surface area contributed by atoms with Crippen LogP contribution in [-0.2, 0) is 16.6 Å². The molecule has 9 heteroatoms.